The number of hydrogen-bond acceptors (Lipinski definition) is 15. The monoisotopic (exact) mass is 675 g/mol. The molecule has 1 saturated heterocycles. The Kier molecular flexibility index (Phi) is 10.5. The van der Waals surface area contributed by atoms with Gasteiger partial charge in [-0.25, -0.2) is 23.7 Å². The SMILES string of the molecule is CCC(=O)c1ccc(F)c([C@@H]2C[C@@H]2NC(=O)Nc2ccc(C#N)cn2)c1OC(O)(O)O[C@@]1(O)O[C@@](N)(C(C)C)C(=O)OOC[C@H](C)C1=O. The lowest BCUT2D eigenvalue weighted by molar-refractivity contribution is -0.527. The minimum atomic E-state index is -4.05. The van der Waals surface area contributed by atoms with Crippen molar-refractivity contribution in [1.29, 1.82) is 5.26 Å². The van der Waals surface area contributed by atoms with E-state index in [0.717, 1.165) is 12.1 Å². The van der Waals surface area contributed by atoms with Crippen LogP contribution in [-0.4, -0.2) is 74.4 Å². The molecule has 258 valence electrons. The van der Waals surface area contributed by atoms with E-state index in [-0.39, 0.29) is 35.3 Å². The van der Waals surface area contributed by atoms with E-state index in [9.17, 15) is 34.5 Å². The average Bonchev–Trinajstić information content (AvgIpc) is 3.76. The van der Waals surface area contributed by atoms with Crippen LogP contribution in [-0.2, 0) is 28.8 Å². The molecule has 1 saturated carbocycles. The number of aromatic nitrogens is 1. The van der Waals surface area contributed by atoms with Crippen LogP contribution in [0.2, 0.25) is 0 Å². The van der Waals surface area contributed by atoms with E-state index in [4.69, 9.17) is 30.1 Å². The molecule has 1 aromatic heterocycles. The summed E-state index contributed by atoms with van der Waals surface area (Å²) in [6.07, 6.45) is -2.85. The van der Waals surface area contributed by atoms with Crippen molar-refractivity contribution in [3.05, 3.63) is 53.0 Å². The molecule has 1 aromatic carbocycles. The normalized spacial score (nSPS) is 26.0. The number of rotatable bonds is 10. The summed E-state index contributed by atoms with van der Waals surface area (Å²) in [5.74, 6) is -12.0. The number of carbonyl (C=O) groups excluding carboxylic acids is 4. The molecule has 4 rings (SSSR count). The van der Waals surface area contributed by atoms with Crippen LogP contribution < -0.4 is 21.1 Å². The quantitative estimate of drug-likeness (QED) is 0.117. The fraction of sp³-hybridized carbons (Fsp3) is 0.467. The summed E-state index contributed by atoms with van der Waals surface area (Å²) in [4.78, 5) is 64.6. The van der Waals surface area contributed by atoms with Crippen LogP contribution in [0.5, 0.6) is 5.75 Å². The number of nitriles is 1. The number of benzene rings is 1. The van der Waals surface area contributed by atoms with E-state index in [1.54, 1.807) is 0 Å². The Hall–Kier alpha value is -4.61. The number of pyridine rings is 1. The van der Waals surface area contributed by atoms with E-state index in [2.05, 4.69) is 20.5 Å². The molecule has 0 radical (unpaired) electrons. The van der Waals surface area contributed by atoms with E-state index in [1.807, 2.05) is 6.07 Å². The van der Waals surface area contributed by atoms with Crippen molar-refractivity contribution in [3.63, 3.8) is 0 Å². The number of hydrogen-bond donors (Lipinski definition) is 6. The number of urea groups is 1. The smallest absolute Gasteiger partial charge is 0.415 e. The van der Waals surface area contributed by atoms with E-state index >= 15 is 4.39 Å². The minimum absolute atomic E-state index is 0.102. The summed E-state index contributed by atoms with van der Waals surface area (Å²) in [6, 6.07) is 5.17. The lowest BCUT2D eigenvalue weighted by Crippen LogP contribution is -2.65. The molecular weight excluding hydrogens is 641 g/mol. The molecule has 18 heteroatoms. The number of aliphatic hydroxyl groups is 3. The van der Waals surface area contributed by atoms with Gasteiger partial charge in [-0.1, -0.05) is 27.7 Å². The largest absolute Gasteiger partial charge is 0.460 e. The number of ketones is 2. The lowest BCUT2D eigenvalue weighted by Gasteiger charge is -2.39. The second-order valence-electron chi connectivity index (χ2n) is 11.5. The van der Waals surface area contributed by atoms with E-state index in [1.165, 1.54) is 46.0 Å². The van der Waals surface area contributed by atoms with E-state index < -0.39 is 83.4 Å². The number of anilines is 1. The first-order valence-corrected chi connectivity index (χ1v) is 14.7. The van der Waals surface area contributed by atoms with Crippen LogP contribution in [0.25, 0.3) is 0 Å². The number of nitrogens with one attached hydrogen (secondary N) is 2. The molecule has 2 amide bonds. The maximum Gasteiger partial charge on any atom is 0.460 e. The summed E-state index contributed by atoms with van der Waals surface area (Å²) >= 11 is 0. The molecule has 48 heavy (non-hydrogen) atoms. The molecular formula is C30H34FN5O12. The highest BCUT2D eigenvalue weighted by molar-refractivity contribution is 5.99. The number of nitrogens with zero attached hydrogens (tertiary/aromatic N) is 2. The van der Waals surface area contributed by atoms with Crippen molar-refractivity contribution in [2.45, 2.75) is 70.4 Å². The second kappa shape index (κ2) is 13.9. The van der Waals surface area contributed by atoms with Crippen LogP contribution in [0, 0.1) is 29.0 Å². The molecule has 2 aliphatic rings. The first-order chi connectivity index (χ1) is 22.4. The Morgan fingerprint density at radius 2 is 1.98 bits per heavy atom. The van der Waals surface area contributed by atoms with Crippen molar-refractivity contribution in [2.24, 2.45) is 17.6 Å². The van der Waals surface area contributed by atoms with Crippen molar-refractivity contribution >= 4 is 29.4 Å². The predicted octanol–water partition coefficient (Wildman–Crippen LogP) is 1.02. The highest BCUT2D eigenvalue weighted by Gasteiger charge is 2.58. The second-order valence-corrected chi connectivity index (χ2v) is 11.5. The summed E-state index contributed by atoms with van der Waals surface area (Å²) < 4.78 is 30.7. The number of Topliss-reactive ketones (excluding diaryl/α,β-unsaturated/α-hetero) is 2. The number of carbonyl (C=O) groups is 4. The van der Waals surface area contributed by atoms with Gasteiger partial charge in [0.25, 0.3) is 0 Å². The van der Waals surface area contributed by atoms with Gasteiger partial charge >= 0.3 is 24.1 Å². The summed E-state index contributed by atoms with van der Waals surface area (Å²) in [5, 5.41) is 47.0. The number of amides is 2. The Bertz CT molecular complexity index is 1630. The third-order valence-electron chi connectivity index (χ3n) is 7.58. The van der Waals surface area contributed by atoms with Gasteiger partial charge in [-0.15, -0.1) is 0 Å². The summed E-state index contributed by atoms with van der Waals surface area (Å²) in [7, 11) is 0. The van der Waals surface area contributed by atoms with Crippen LogP contribution in [0.1, 0.15) is 67.9 Å². The van der Waals surface area contributed by atoms with Crippen molar-refractivity contribution in [3.8, 4) is 11.8 Å². The zero-order valence-electron chi connectivity index (χ0n) is 26.2. The molecule has 1 aliphatic heterocycles. The number of nitrogens with two attached hydrogens (primary N) is 1. The van der Waals surface area contributed by atoms with Crippen molar-refractivity contribution < 1.29 is 62.9 Å². The van der Waals surface area contributed by atoms with Crippen molar-refractivity contribution in [1.82, 2.24) is 10.3 Å². The first kappa shape index (κ1) is 36.2. The number of halogens is 1. The van der Waals surface area contributed by atoms with Gasteiger partial charge in [-0.05, 0) is 30.7 Å². The summed E-state index contributed by atoms with van der Waals surface area (Å²) in [6.45, 7) is 4.73. The maximum absolute atomic E-state index is 15.4. The zero-order valence-corrected chi connectivity index (χ0v) is 26.2. The van der Waals surface area contributed by atoms with Gasteiger partial charge in [0, 0.05) is 36.1 Å². The molecule has 2 heterocycles. The Morgan fingerprint density at radius 1 is 1.27 bits per heavy atom. The molecule has 2 aromatic rings. The standard InChI is InChI=1S/C30H34FN5O12/c1-5-21(37)17-7-8-19(31)23(18-10-20(18)35-27(40)36-22-9-6-16(11-32)12-34-22)24(17)45-30(42,43)48-29(41)25(38)15(4)13-44-46-26(39)28(33,47-29)14(2)3/h6-9,12,14-15,18,20,41-43H,5,10,13,33H2,1-4H3,(H2,34,35,36,40)/t15-,18+,20-,28-,29-/m0/s1. The van der Waals surface area contributed by atoms with Crippen LogP contribution in [0.3, 0.4) is 0 Å². The van der Waals surface area contributed by atoms with Crippen molar-refractivity contribution in [2.75, 3.05) is 11.9 Å². The average molecular weight is 676 g/mol. The third-order valence-corrected chi connectivity index (χ3v) is 7.58. The molecule has 2 fully saturated rings. The third kappa shape index (κ3) is 7.74. The van der Waals surface area contributed by atoms with Gasteiger partial charge in [0.2, 0.25) is 11.5 Å². The minimum Gasteiger partial charge on any atom is -0.415 e. The van der Waals surface area contributed by atoms with E-state index in [0.29, 0.717) is 0 Å². The lowest BCUT2D eigenvalue weighted by atomic mass is 9.99. The predicted molar refractivity (Wildman–Crippen MR) is 156 cm³/mol. The molecule has 0 spiro atoms. The Balaban J connectivity index is 1.64. The number of ether oxygens (including phenoxy) is 3. The van der Waals surface area contributed by atoms with Crippen LogP contribution in [0.15, 0.2) is 30.5 Å². The molecule has 5 atom stereocenters. The molecule has 17 nitrogen and oxygen atoms in total. The highest BCUT2D eigenvalue weighted by Crippen LogP contribution is 2.48. The summed E-state index contributed by atoms with van der Waals surface area (Å²) in [5.41, 5.74) is 2.91. The Morgan fingerprint density at radius 3 is 2.58 bits per heavy atom. The topological polar surface area (TPSA) is 262 Å². The molecule has 0 bridgehead atoms. The van der Waals surface area contributed by atoms with Crippen LogP contribution in [0.4, 0.5) is 15.0 Å². The van der Waals surface area contributed by atoms with Crippen LogP contribution >= 0.6 is 0 Å². The van der Waals surface area contributed by atoms with Gasteiger partial charge in [0.05, 0.1) is 17.0 Å². The van der Waals surface area contributed by atoms with Gasteiger partial charge in [-0.2, -0.15) is 10.1 Å². The highest BCUT2D eigenvalue weighted by atomic mass is 19.1. The fourth-order valence-electron chi connectivity index (χ4n) is 4.69. The zero-order chi connectivity index (χ0) is 35.6. The molecule has 0 unspecified atom stereocenters. The molecule has 7 N–H and O–H groups in total. The first-order valence-electron chi connectivity index (χ1n) is 14.7. The van der Waals surface area contributed by atoms with Gasteiger partial charge < -0.3 is 25.4 Å². The van der Waals surface area contributed by atoms with Gasteiger partial charge in [-0.3, -0.25) is 30.3 Å². The molecule has 1 aliphatic carbocycles. The maximum atomic E-state index is 15.4. The van der Waals surface area contributed by atoms with Gasteiger partial charge in [0.15, 0.2) is 5.78 Å². The van der Waals surface area contributed by atoms with Gasteiger partial charge in [0.1, 0.15) is 30.1 Å². The Labute approximate surface area is 272 Å². The fourth-order valence-corrected chi connectivity index (χ4v) is 4.69.